The maximum absolute atomic E-state index is 12.8. The van der Waals surface area contributed by atoms with Crippen molar-refractivity contribution in [2.75, 3.05) is 13.2 Å². The molecule has 1 aliphatic carbocycles. The van der Waals surface area contributed by atoms with Crippen LogP contribution in [0.25, 0.3) is 0 Å². The predicted molar refractivity (Wildman–Crippen MR) is 83.6 cm³/mol. The van der Waals surface area contributed by atoms with Gasteiger partial charge in [-0.3, -0.25) is 4.79 Å². The molecule has 0 aromatic heterocycles. The zero-order chi connectivity index (χ0) is 15.0. The summed E-state index contributed by atoms with van der Waals surface area (Å²) < 4.78 is 5.79. The van der Waals surface area contributed by atoms with E-state index in [1.165, 1.54) is 12.0 Å². The molecule has 21 heavy (non-hydrogen) atoms. The highest BCUT2D eigenvalue weighted by atomic mass is 16.5. The lowest BCUT2D eigenvalue weighted by atomic mass is 9.86. The Bertz CT molecular complexity index is 515. The molecule has 114 valence electrons. The van der Waals surface area contributed by atoms with Crippen LogP contribution in [0.1, 0.15) is 56.0 Å². The van der Waals surface area contributed by atoms with Gasteiger partial charge in [-0.25, -0.2) is 0 Å². The van der Waals surface area contributed by atoms with Crippen LogP contribution in [0.3, 0.4) is 0 Å². The van der Waals surface area contributed by atoms with Gasteiger partial charge < -0.3 is 9.64 Å². The summed E-state index contributed by atoms with van der Waals surface area (Å²) in [6.07, 6.45) is 3.60. The number of ether oxygens (including phenoxy) is 1. The molecule has 3 heteroatoms. The fraction of sp³-hybridized carbons (Fsp3) is 0.611. The molecule has 0 spiro atoms. The van der Waals surface area contributed by atoms with E-state index in [1.807, 2.05) is 17.0 Å². The molecule has 1 aromatic carbocycles. The summed E-state index contributed by atoms with van der Waals surface area (Å²) in [7, 11) is 0. The van der Waals surface area contributed by atoms with E-state index in [4.69, 9.17) is 4.74 Å². The molecule has 1 heterocycles. The van der Waals surface area contributed by atoms with E-state index in [2.05, 4.69) is 32.9 Å². The lowest BCUT2D eigenvalue weighted by molar-refractivity contribution is -0.0445. The second-order valence-electron chi connectivity index (χ2n) is 7.23. The molecule has 1 aliphatic heterocycles. The van der Waals surface area contributed by atoms with Crippen LogP contribution >= 0.6 is 0 Å². The third kappa shape index (κ3) is 2.84. The van der Waals surface area contributed by atoms with Crippen LogP contribution in [0, 0.1) is 0 Å². The normalized spacial score (nSPS) is 25.8. The van der Waals surface area contributed by atoms with Crippen LogP contribution in [0.2, 0.25) is 0 Å². The monoisotopic (exact) mass is 287 g/mol. The van der Waals surface area contributed by atoms with Gasteiger partial charge in [-0.15, -0.1) is 0 Å². The van der Waals surface area contributed by atoms with Gasteiger partial charge in [0, 0.05) is 12.1 Å². The molecule has 0 bridgehead atoms. The molecular weight excluding hydrogens is 262 g/mol. The Kier molecular flexibility index (Phi) is 3.78. The number of rotatable bonds is 1. The molecule has 1 saturated carbocycles. The molecule has 3 nitrogen and oxygen atoms in total. The van der Waals surface area contributed by atoms with Crippen molar-refractivity contribution in [1.29, 1.82) is 0 Å². The quantitative estimate of drug-likeness (QED) is 0.792. The Morgan fingerprint density at radius 2 is 1.90 bits per heavy atom. The van der Waals surface area contributed by atoms with Crippen LogP contribution in [0.15, 0.2) is 24.3 Å². The van der Waals surface area contributed by atoms with Gasteiger partial charge in [-0.1, -0.05) is 32.9 Å². The highest BCUT2D eigenvalue weighted by molar-refractivity contribution is 5.94. The van der Waals surface area contributed by atoms with E-state index < -0.39 is 0 Å². The van der Waals surface area contributed by atoms with Gasteiger partial charge in [0.1, 0.15) is 0 Å². The third-order valence-electron chi connectivity index (χ3n) is 4.74. The predicted octanol–water partition coefficient (Wildman–Crippen LogP) is 3.38. The van der Waals surface area contributed by atoms with Crippen molar-refractivity contribution in [3.05, 3.63) is 35.4 Å². The largest absolute Gasteiger partial charge is 0.374 e. The summed E-state index contributed by atoms with van der Waals surface area (Å²) in [6, 6.07) is 8.40. The third-order valence-corrected chi connectivity index (χ3v) is 4.74. The SMILES string of the molecule is CC(C)(C)c1ccc(C(=O)N2CCOC3CCCC32)cc1. The summed E-state index contributed by atoms with van der Waals surface area (Å²) >= 11 is 0. The van der Waals surface area contributed by atoms with Gasteiger partial charge in [0.15, 0.2) is 0 Å². The van der Waals surface area contributed by atoms with Gasteiger partial charge >= 0.3 is 0 Å². The summed E-state index contributed by atoms with van der Waals surface area (Å²) in [5.41, 5.74) is 2.19. The minimum Gasteiger partial charge on any atom is -0.374 e. The Morgan fingerprint density at radius 1 is 1.19 bits per heavy atom. The second kappa shape index (κ2) is 5.45. The van der Waals surface area contributed by atoms with E-state index >= 15 is 0 Å². The van der Waals surface area contributed by atoms with E-state index in [1.54, 1.807) is 0 Å². The van der Waals surface area contributed by atoms with Crippen LogP contribution in [-0.4, -0.2) is 36.1 Å². The number of nitrogens with zero attached hydrogens (tertiary/aromatic N) is 1. The molecule has 1 saturated heterocycles. The number of amides is 1. The van der Waals surface area contributed by atoms with Crippen molar-refractivity contribution in [2.45, 2.75) is 57.6 Å². The number of carbonyl (C=O) groups excluding carboxylic acids is 1. The van der Waals surface area contributed by atoms with Crippen molar-refractivity contribution in [2.24, 2.45) is 0 Å². The minimum absolute atomic E-state index is 0.122. The summed E-state index contributed by atoms with van der Waals surface area (Å²) in [5.74, 6) is 0.163. The van der Waals surface area contributed by atoms with Crippen molar-refractivity contribution in [3.8, 4) is 0 Å². The molecule has 2 unspecified atom stereocenters. The Balaban J connectivity index is 1.78. The zero-order valence-electron chi connectivity index (χ0n) is 13.3. The van der Waals surface area contributed by atoms with Crippen LogP contribution in [-0.2, 0) is 10.2 Å². The molecule has 2 atom stereocenters. The standard InChI is InChI=1S/C18H25NO2/c1-18(2,3)14-9-7-13(8-10-14)17(20)19-11-12-21-16-6-4-5-15(16)19/h7-10,15-16H,4-6,11-12H2,1-3H3. The smallest absolute Gasteiger partial charge is 0.254 e. The topological polar surface area (TPSA) is 29.5 Å². The Hall–Kier alpha value is -1.35. The molecular formula is C18H25NO2. The first kappa shape index (κ1) is 14.6. The second-order valence-corrected chi connectivity index (χ2v) is 7.23. The molecule has 1 amide bonds. The lowest BCUT2D eigenvalue weighted by Gasteiger charge is -2.37. The average molecular weight is 287 g/mol. The first-order valence-corrected chi connectivity index (χ1v) is 8.00. The van der Waals surface area contributed by atoms with Gasteiger partial charge in [-0.2, -0.15) is 0 Å². The number of hydrogen-bond donors (Lipinski definition) is 0. The molecule has 0 N–H and O–H groups in total. The van der Waals surface area contributed by atoms with E-state index in [-0.39, 0.29) is 23.5 Å². The Morgan fingerprint density at radius 3 is 2.57 bits per heavy atom. The average Bonchev–Trinajstić information content (AvgIpc) is 2.94. The highest BCUT2D eigenvalue weighted by Gasteiger charge is 2.38. The minimum atomic E-state index is 0.122. The van der Waals surface area contributed by atoms with Crippen LogP contribution in [0.5, 0.6) is 0 Å². The van der Waals surface area contributed by atoms with Gasteiger partial charge in [0.25, 0.3) is 5.91 Å². The maximum atomic E-state index is 12.8. The van der Waals surface area contributed by atoms with E-state index in [9.17, 15) is 4.79 Å². The molecule has 2 fully saturated rings. The fourth-order valence-corrected chi connectivity index (χ4v) is 3.46. The van der Waals surface area contributed by atoms with Gasteiger partial charge in [-0.05, 0) is 42.4 Å². The molecule has 2 aliphatic rings. The summed E-state index contributed by atoms with van der Waals surface area (Å²) in [5, 5.41) is 0. The number of carbonyl (C=O) groups is 1. The number of fused-ring (bicyclic) bond motifs is 1. The van der Waals surface area contributed by atoms with Crippen LogP contribution in [0.4, 0.5) is 0 Å². The first-order chi connectivity index (χ1) is 9.97. The molecule has 0 radical (unpaired) electrons. The lowest BCUT2D eigenvalue weighted by Crippen LogP contribution is -2.51. The van der Waals surface area contributed by atoms with Crippen molar-refractivity contribution in [1.82, 2.24) is 4.90 Å². The van der Waals surface area contributed by atoms with Crippen molar-refractivity contribution >= 4 is 5.91 Å². The Labute approximate surface area is 127 Å². The molecule has 3 rings (SSSR count). The first-order valence-electron chi connectivity index (χ1n) is 8.00. The highest BCUT2D eigenvalue weighted by Crippen LogP contribution is 2.31. The van der Waals surface area contributed by atoms with Crippen molar-refractivity contribution in [3.63, 3.8) is 0 Å². The summed E-state index contributed by atoms with van der Waals surface area (Å²) in [4.78, 5) is 14.8. The van der Waals surface area contributed by atoms with Gasteiger partial charge in [0.2, 0.25) is 0 Å². The van der Waals surface area contributed by atoms with E-state index in [0.29, 0.717) is 6.61 Å². The summed E-state index contributed by atoms with van der Waals surface area (Å²) in [6.45, 7) is 7.97. The van der Waals surface area contributed by atoms with Gasteiger partial charge in [0.05, 0.1) is 18.8 Å². The maximum Gasteiger partial charge on any atom is 0.254 e. The van der Waals surface area contributed by atoms with E-state index in [0.717, 1.165) is 24.9 Å². The number of morpholine rings is 1. The number of benzene rings is 1. The molecule has 1 aromatic rings. The van der Waals surface area contributed by atoms with Crippen LogP contribution < -0.4 is 0 Å². The number of hydrogen-bond acceptors (Lipinski definition) is 2. The zero-order valence-corrected chi connectivity index (χ0v) is 13.3. The fourth-order valence-electron chi connectivity index (χ4n) is 3.46. The van der Waals surface area contributed by atoms with Crippen molar-refractivity contribution < 1.29 is 9.53 Å².